The predicted molar refractivity (Wildman–Crippen MR) is 109 cm³/mol. The van der Waals surface area contributed by atoms with Crippen LogP contribution in [0, 0.1) is 0 Å². The van der Waals surface area contributed by atoms with Gasteiger partial charge in [-0.15, -0.1) is 0 Å². The Morgan fingerprint density at radius 1 is 1.38 bits per heavy atom. The number of nitrogens with one attached hydrogen (secondary N) is 1. The number of aliphatic imine (C=N–C) groups is 1. The Hall–Kier alpha value is -1.46. The van der Waals surface area contributed by atoms with E-state index in [-0.39, 0.29) is 5.41 Å². The van der Waals surface area contributed by atoms with Crippen LogP contribution in [0.4, 0.5) is 0 Å². The van der Waals surface area contributed by atoms with Crippen molar-refractivity contribution >= 4 is 17.6 Å². The lowest BCUT2D eigenvalue weighted by Crippen LogP contribution is -2.48. The highest BCUT2D eigenvalue weighted by molar-refractivity contribution is 6.30. The van der Waals surface area contributed by atoms with Gasteiger partial charge in [-0.05, 0) is 37.5 Å². The van der Waals surface area contributed by atoms with Crippen molar-refractivity contribution in [3.05, 3.63) is 28.8 Å². The number of hydrogen-bond acceptors (Lipinski definition) is 3. The Kier molecular flexibility index (Phi) is 8.04. The van der Waals surface area contributed by atoms with E-state index in [0.29, 0.717) is 0 Å². The monoisotopic (exact) mass is 381 g/mol. The van der Waals surface area contributed by atoms with E-state index in [1.54, 1.807) is 7.11 Å². The van der Waals surface area contributed by atoms with Gasteiger partial charge in [0.05, 0.1) is 7.11 Å². The molecule has 1 heterocycles. The Morgan fingerprint density at radius 2 is 2.12 bits per heavy atom. The minimum Gasteiger partial charge on any atom is -0.496 e. The quantitative estimate of drug-likeness (QED) is 0.577. The summed E-state index contributed by atoms with van der Waals surface area (Å²) in [4.78, 5) is 6.64. The molecule has 1 aromatic carbocycles. The number of rotatable bonds is 7. The third-order valence-corrected chi connectivity index (χ3v) is 5.42. The second kappa shape index (κ2) is 10.0. The molecule has 1 aromatic rings. The van der Waals surface area contributed by atoms with E-state index in [9.17, 15) is 0 Å². The molecule has 6 heteroatoms. The van der Waals surface area contributed by atoms with Gasteiger partial charge >= 0.3 is 0 Å². The molecule has 1 saturated heterocycles. The molecule has 0 radical (unpaired) electrons. The Labute approximate surface area is 162 Å². The van der Waals surface area contributed by atoms with E-state index in [2.05, 4.69) is 29.2 Å². The van der Waals surface area contributed by atoms with Crippen LogP contribution in [0.15, 0.2) is 23.2 Å². The second-order valence-electron chi connectivity index (χ2n) is 6.91. The van der Waals surface area contributed by atoms with Gasteiger partial charge in [0.15, 0.2) is 5.96 Å². The van der Waals surface area contributed by atoms with Crippen molar-refractivity contribution in [3.63, 3.8) is 0 Å². The molecule has 0 amide bonds. The van der Waals surface area contributed by atoms with Crippen molar-refractivity contribution in [2.24, 2.45) is 4.99 Å². The van der Waals surface area contributed by atoms with Crippen molar-refractivity contribution in [2.45, 2.75) is 38.0 Å². The number of halogens is 1. The van der Waals surface area contributed by atoms with E-state index in [1.807, 2.05) is 25.2 Å². The van der Waals surface area contributed by atoms with Crippen LogP contribution in [0.25, 0.3) is 0 Å². The summed E-state index contributed by atoms with van der Waals surface area (Å²) in [6.45, 7) is 5.44. The lowest BCUT2D eigenvalue weighted by molar-refractivity contribution is 0.0504. The molecule has 1 aliphatic rings. The summed E-state index contributed by atoms with van der Waals surface area (Å²) < 4.78 is 11.3. The average Bonchev–Trinajstić information content (AvgIpc) is 2.67. The first kappa shape index (κ1) is 20.8. The van der Waals surface area contributed by atoms with Gasteiger partial charge in [-0.25, -0.2) is 0 Å². The molecule has 1 aliphatic heterocycles. The Balaban J connectivity index is 2.23. The number of hydrogen-bond donors (Lipinski definition) is 1. The van der Waals surface area contributed by atoms with Crippen LogP contribution < -0.4 is 10.1 Å². The Bertz CT molecular complexity index is 601. The average molecular weight is 382 g/mol. The van der Waals surface area contributed by atoms with Crippen molar-refractivity contribution in [1.29, 1.82) is 0 Å². The maximum Gasteiger partial charge on any atom is 0.193 e. The fourth-order valence-corrected chi connectivity index (χ4v) is 3.70. The molecule has 146 valence electrons. The van der Waals surface area contributed by atoms with Gasteiger partial charge in [-0.2, -0.15) is 0 Å². The number of methoxy groups -OCH3 is 1. The summed E-state index contributed by atoms with van der Waals surface area (Å²) in [6.07, 6.45) is 4.17. The van der Waals surface area contributed by atoms with Crippen LogP contribution >= 0.6 is 11.6 Å². The first-order chi connectivity index (χ1) is 12.6. The topological polar surface area (TPSA) is 46.1 Å². The molecule has 0 spiro atoms. The van der Waals surface area contributed by atoms with Crippen LogP contribution in [-0.2, 0) is 10.2 Å². The summed E-state index contributed by atoms with van der Waals surface area (Å²) >= 11 is 6.31. The maximum atomic E-state index is 6.31. The number of benzene rings is 1. The summed E-state index contributed by atoms with van der Waals surface area (Å²) in [5, 5.41) is 4.31. The van der Waals surface area contributed by atoms with Gasteiger partial charge in [0.1, 0.15) is 5.75 Å². The van der Waals surface area contributed by atoms with Crippen molar-refractivity contribution in [3.8, 4) is 5.75 Å². The third-order valence-electron chi connectivity index (χ3n) is 5.19. The van der Waals surface area contributed by atoms with Crippen molar-refractivity contribution in [1.82, 2.24) is 10.2 Å². The fourth-order valence-electron chi connectivity index (χ4n) is 3.53. The molecule has 0 saturated carbocycles. The van der Waals surface area contributed by atoms with Crippen LogP contribution in [0.2, 0.25) is 5.02 Å². The van der Waals surface area contributed by atoms with E-state index in [1.165, 1.54) is 6.42 Å². The summed E-state index contributed by atoms with van der Waals surface area (Å²) in [6, 6.07) is 5.87. The normalized spacial score (nSPS) is 17.0. The zero-order valence-corrected chi connectivity index (χ0v) is 17.2. The lowest BCUT2D eigenvalue weighted by Gasteiger charge is -2.39. The Morgan fingerprint density at radius 3 is 2.73 bits per heavy atom. The first-order valence-corrected chi connectivity index (χ1v) is 9.77. The number of guanidine groups is 1. The molecule has 2 rings (SSSR count). The molecule has 0 bridgehead atoms. The minimum atomic E-state index is -0.0873. The van der Waals surface area contributed by atoms with Crippen LogP contribution in [-0.4, -0.2) is 58.4 Å². The third kappa shape index (κ3) is 5.04. The lowest BCUT2D eigenvalue weighted by atomic mass is 9.73. The van der Waals surface area contributed by atoms with Gasteiger partial charge in [0.2, 0.25) is 0 Å². The molecule has 0 unspecified atom stereocenters. The van der Waals surface area contributed by atoms with Crippen molar-refractivity contribution < 1.29 is 9.47 Å². The minimum absolute atomic E-state index is 0.0873. The first-order valence-electron chi connectivity index (χ1n) is 9.40. The molecule has 1 N–H and O–H groups in total. The summed E-state index contributed by atoms with van der Waals surface area (Å²) in [5.74, 6) is 1.80. The van der Waals surface area contributed by atoms with Gasteiger partial charge in [0.25, 0.3) is 0 Å². The summed E-state index contributed by atoms with van der Waals surface area (Å²) in [5.41, 5.74) is 1.06. The largest absolute Gasteiger partial charge is 0.496 e. The predicted octanol–water partition coefficient (Wildman–Crippen LogP) is 3.70. The zero-order chi connectivity index (χ0) is 19.0. The van der Waals surface area contributed by atoms with Gasteiger partial charge in [-0.1, -0.05) is 24.9 Å². The highest BCUT2D eigenvalue weighted by atomic mass is 35.5. The van der Waals surface area contributed by atoms with Gasteiger partial charge in [0, 0.05) is 56.4 Å². The molecule has 0 aliphatic carbocycles. The van der Waals surface area contributed by atoms with Gasteiger partial charge in [-0.3, -0.25) is 4.99 Å². The second-order valence-corrected chi connectivity index (χ2v) is 7.35. The zero-order valence-electron chi connectivity index (χ0n) is 16.5. The molecule has 0 atom stereocenters. The number of nitrogens with zero attached hydrogens (tertiary/aromatic N) is 2. The van der Waals surface area contributed by atoms with Gasteiger partial charge < -0.3 is 19.7 Å². The number of ether oxygens (including phenoxy) is 2. The molecular formula is C20H32ClN3O2. The number of unbranched alkanes of at least 4 members (excludes halogenated alkanes) is 1. The standard InChI is InChI=1S/C20H32ClN3O2/c1-5-6-11-24(3)19(22-2)23-15-20(9-12-26-13-10-20)17-14-16(21)7-8-18(17)25-4/h7-8,14H,5-6,9-13,15H2,1-4H3,(H,22,23). The highest BCUT2D eigenvalue weighted by Crippen LogP contribution is 2.40. The molecule has 1 fully saturated rings. The van der Waals surface area contributed by atoms with E-state index in [4.69, 9.17) is 21.1 Å². The molecule has 26 heavy (non-hydrogen) atoms. The molecule has 5 nitrogen and oxygen atoms in total. The van der Waals surface area contributed by atoms with Crippen LogP contribution in [0.1, 0.15) is 38.2 Å². The van der Waals surface area contributed by atoms with Crippen LogP contribution in [0.5, 0.6) is 5.75 Å². The SMILES string of the molecule is CCCCN(C)C(=NC)NCC1(c2cc(Cl)ccc2OC)CCOCC1. The molecule has 0 aromatic heterocycles. The summed E-state index contributed by atoms with van der Waals surface area (Å²) in [7, 11) is 5.63. The molecular weight excluding hydrogens is 350 g/mol. The smallest absolute Gasteiger partial charge is 0.193 e. The van der Waals surface area contributed by atoms with Crippen molar-refractivity contribution in [2.75, 3.05) is 47.5 Å². The fraction of sp³-hybridized carbons (Fsp3) is 0.650. The maximum absolute atomic E-state index is 6.31. The van der Waals surface area contributed by atoms with Crippen LogP contribution in [0.3, 0.4) is 0 Å². The highest BCUT2D eigenvalue weighted by Gasteiger charge is 2.37. The van der Waals surface area contributed by atoms with E-state index < -0.39 is 0 Å². The van der Waals surface area contributed by atoms with E-state index in [0.717, 1.165) is 67.9 Å². The van der Waals surface area contributed by atoms with E-state index >= 15 is 0 Å².